The number of benzene rings is 1. The van der Waals surface area contributed by atoms with Gasteiger partial charge in [-0.1, -0.05) is 19.3 Å². The molecule has 1 aromatic rings. The molecule has 1 fully saturated rings. The van der Waals surface area contributed by atoms with Crippen LogP contribution in [0.3, 0.4) is 0 Å². The zero-order chi connectivity index (χ0) is 14.8. The lowest BCUT2D eigenvalue weighted by atomic mass is 10.0. The number of carbonyl (C=O) groups is 1. The first kappa shape index (κ1) is 14.6. The van der Waals surface area contributed by atoms with Gasteiger partial charge in [0.05, 0.1) is 5.25 Å². The molecule has 2 rings (SSSR count). The van der Waals surface area contributed by atoms with Gasteiger partial charge in [-0.3, -0.25) is 4.72 Å². The summed E-state index contributed by atoms with van der Waals surface area (Å²) in [4.78, 5) is 10.9. The number of hydrogen-bond acceptors (Lipinski definition) is 4. The Morgan fingerprint density at radius 2 is 1.85 bits per heavy atom. The molecule has 3 N–H and O–H groups in total. The number of rotatable bonds is 4. The van der Waals surface area contributed by atoms with Crippen molar-refractivity contribution in [2.24, 2.45) is 0 Å². The van der Waals surface area contributed by atoms with Gasteiger partial charge in [-0.25, -0.2) is 13.2 Å². The number of aromatic carboxylic acids is 1. The summed E-state index contributed by atoms with van der Waals surface area (Å²) in [5.74, 6) is -1.70. The van der Waals surface area contributed by atoms with Crippen molar-refractivity contribution in [1.29, 1.82) is 0 Å². The van der Waals surface area contributed by atoms with Crippen molar-refractivity contribution < 1.29 is 23.4 Å². The summed E-state index contributed by atoms with van der Waals surface area (Å²) >= 11 is 0. The maximum Gasteiger partial charge on any atom is 0.339 e. The van der Waals surface area contributed by atoms with E-state index in [9.17, 15) is 18.3 Å². The van der Waals surface area contributed by atoms with Crippen molar-refractivity contribution in [3.63, 3.8) is 0 Å². The Labute approximate surface area is 117 Å². The molecule has 0 saturated heterocycles. The molecule has 20 heavy (non-hydrogen) atoms. The normalized spacial score (nSPS) is 16.8. The monoisotopic (exact) mass is 299 g/mol. The van der Waals surface area contributed by atoms with Gasteiger partial charge in [0, 0.05) is 5.69 Å². The van der Waals surface area contributed by atoms with Crippen LogP contribution in [0.1, 0.15) is 42.5 Å². The van der Waals surface area contributed by atoms with Crippen LogP contribution in [0, 0.1) is 0 Å². The molecule has 6 nitrogen and oxygen atoms in total. The number of anilines is 1. The number of aromatic hydroxyl groups is 1. The first-order chi connectivity index (χ1) is 9.40. The maximum absolute atomic E-state index is 12.2. The van der Waals surface area contributed by atoms with Gasteiger partial charge in [-0.05, 0) is 31.0 Å². The van der Waals surface area contributed by atoms with Gasteiger partial charge in [0.1, 0.15) is 11.3 Å². The van der Waals surface area contributed by atoms with Gasteiger partial charge in [0.25, 0.3) is 0 Å². The highest BCUT2D eigenvalue weighted by Crippen LogP contribution is 2.27. The maximum atomic E-state index is 12.2. The van der Waals surface area contributed by atoms with Gasteiger partial charge in [0.2, 0.25) is 10.0 Å². The van der Waals surface area contributed by atoms with E-state index < -0.39 is 27.0 Å². The summed E-state index contributed by atoms with van der Waals surface area (Å²) in [6.45, 7) is 0. The van der Waals surface area contributed by atoms with Crippen LogP contribution in [0.4, 0.5) is 5.69 Å². The molecule has 0 aromatic heterocycles. The Balaban J connectivity index is 2.20. The minimum absolute atomic E-state index is 0.158. The Morgan fingerprint density at radius 1 is 1.20 bits per heavy atom. The van der Waals surface area contributed by atoms with Crippen molar-refractivity contribution in [2.75, 3.05) is 4.72 Å². The standard InChI is InChI=1S/C13H17NO5S/c15-12-7-6-9(8-11(12)13(16)17)14-20(18,19)10-4-2-1-3-5-10/h6-8,10,14-15H,1-5H2,(H,16,17). The number of carboxylic acid groups (broad SMARTS) is 1. The van der Waals surface area contributed by atoms with Crippen LogP contribution in [0.2, 0.25) is 0 Å². The van der Waals surface area contributed by atoms with Crippen molar-refractivity contribution in [2.45, 2.75) is 37.4 Å². The minimum Gasteiger partial charge on any atom is -0.507 e. The SMILES string of the molecule is O=C(O)c1cc(NS(=O)(=O)C2CCCCC2)ccc1O. The third kappa shape index (κ3) is 3.22. The van der Waals surface area contributed by atoms with E-state index >= 15 is 0 Å². The van der Waals surface area contributed by atoms with Crippen LogP contribution in [-0.2, 0) is 10.0 Å². The predicted octanol–water partition coefficient (Wildman–Crippen LogP) is 2.16. The molecule has 0 radical (unpaired) electrons. The van der Waals surface area contributed by atoms with E-state index in [1.807, 2.05) is 0 Å². The summed E-state index contributed by atoms with van der Waals surface area (Å²) < 4.78 is 26.8. The van der Waals surface area contributed by atoms with E-state index in [1.165, 1.54) is 12.1 Å². The Hall–Kier alpha value is -1.76. The van der Waals surface area contributed by atoms with Crippen LogP contribution in [0.5, 0.6) is 5.75 Å². The van der Waals surface area contributed by atoms with Crippen molar-refractivity contribution in [3.8, 4) is 5.75 Å². The highest BCUT2D eigenvalue weighted by molar-refractivity contribution is 7.93. The molecule has 1 aromatic carbocycles. The van der Waals surface area contributed by atoms with Gasteiger partial charge >= 0.3 is 5.97 Å². The van der Waals surface area contributed by atoms with E-state index in [0.717, 1.165) is 25.3 Å². The van der Waals surface area contributed by atoms with Crippen molar-refractivity contribution in [3.05, 3.63) is 23.8 Å². The third-order valence-corrected chi connectivity index (χ3v) is 5.35. The second-order valence-electron chi connectivity index (χ2n) is 4.94. The van der Waals surface area contributed by atoms with E-state index in [4.69, 9.17) is 5.11 Å². The fraction of sp³-hybridized carbons (Fsp3) is 0.462. The second kappa shape index (κ2) is 5.70. The fourth-order valence-corrected chi connectivity index (χ4v) is 3.97. The molecular weight excluding hydrogens is 282 g/mol. The summed E-state index contributed by atoms with van der Waals surface area (Å²) in [6, 6.07) is 3.64. The molecule has 0 aliphatic heterocycles. The average Bonchev–Trinajstić information content (AvgIpc) is 2.41. The Morgan fingerprint density at radius 3 is 2.45 bits per heavy atom. The first-order valence-corrected chi connectivity index (χ1v) is 8.03. The zero-order valence-electron chi connectivity index (χ0n) is 10.9. The van der Waals surface area contributed by atoms with Gasteiger partial charge in [0.15, 0.2) is 0 Å². The van der Waals surface area contributed by atoms with E-state index in [0.29, 0.717) is 12.8 Å². The number of hydrogen-bond donors (Lipinski definition) is 3. The first-order valence-electron chi connectivity index (χ1n) is 6.48. The second-order valence-corrected chi connectivity index (χ2v) is 6.90. The number of nitrogens with one attached hydrogen (secondary N) is 1. The topological polar surface area (TPSA) is 104 Å². The van der Waals surface area contributed by atoms with Crippen molar-refractivity contribution >= 4 is 21.7 Å². The van der Waals surface area contributed by atoms with Gasteiger partial charge < -0.3 is 10.2 Å². The minimum atomic E-state index is -3.52. The summed E-state index contributed by atoms with van der Waals surface area (Å²) in [5, 5.41) is 17.9. The Bertz CT molecular complexity index is 605. The fourth-order valence-electron chi connectivity index (χ4n) is 2.39. The van der Waals surface area contributed by atoms with Crippen LogP contribution < -0.4 is 4.72 Å². The lowest BCUT2D eigenvalue weighted by molar-refractivity contribution is 0.0694. The van der Waals surface area contributed by atoms with Crippen LogP contribution in [-0.4, -0.2) is 29.9 Å². The van der Waals surface area contributed by atoms with E-state index in [2.05, 4.69) is 4.72 Å². The van der Waals surface area contributed by atoms with Crippen LogP contribution in [0.15, 0.2) is 18.2 Å². The quantitative estimate of drug-likeness (QED) is 0.739. The molecular formula is C13H17NO5S. The lowest BCUT2D eigenvalue weighted by Gasteiger charge is -2.22. The van der Waals surface area contributed by atoms with Crippen LogP contribution in [0.25, 0.3) is 0 Å². The third-order valence-electron chi connectivity index (χ3n) is 3.48. The predicted molar refractivity (Wildman–Crippen MR) is 74.5 cm³/mol. The molecule has 0 atom stereocenters. The van der Waals surface area contributed by atoms with Crippen LogP contribution >= 0.6 is 0 Å². The number of phenols is 1. The molecule has 1 saturated carbocycles. The zero-order valence-corrected chi connectivity index (χ0v) is 11.7. The largest absolute Gasteiger partial charge is 0.507 e. The molecule has 0 bridgehead atoms. The van der Waals surface area contributed by atoms with Crippen molar-refractivity contribution in [1.82, 2.24) is 0 Å². The molecule has 7 heteroatoms. The lowest BCUT2D eigenvalue weighted by Crippen LogP contribution is -2.29. The molecule has 110 valence electrons. The summed E-state index contributed by atoms with van der Waals surface area (Å²) in [6.07, 6.45) is 4.08. The van der Waals surface area contributed by atoms with Gasteiger partial charge in [-0.15, -0.1) is 0 Å². The van der Waals surface area contributed by atoms with E-state index in [1.54, 1.807) is 0 Å². The summed E-state index contributed by atoms with van der Waals surface area (Å²) in [5.41, 5.74) is -0.167. The van der Waals surface area contributed by atoms with Gasteiger partial charge in [-0.2, -0.15) is 0 Å². The Kier molecular flexibility index (Phi) is 4.17. The molecule has 0 amide bonds. The van der Waals surface area contributed by atoms with E-state index in [-0.39, 0.29) is 11.3 Å². The highest BCUT2D eigenvalue weighted by Gasteiger charge is 2.27. The molecule has 0 heterocycles. The number of sulfonamides is 1. The molecule has 1 aliphatic carbocycles. The average molecular weight is 299 g/mol. The molecule has 1 aliphatic rings. The summed E-state index contributed by atoms with van der Waals surface area (Å²) in [7, 11) is -3.52. The molecule has 0 spiro atoms. The smallest absolute Gasteiger partial charge is 0.339 e. The molecule has 0 unspecified atom stereocenters. The number of carboxylic acids is 1. The highest BCUT2D eigenvalue weighted by atomic mass is 32.2.